The molecule has 0 bridgehead atoms. The van der Waals surface area contributed by atoms with Crippen molar-refractivity contribution in [1.82, 2.24) is 9.55 Å². The highest BCUT2D eigenvalue weighted by Gasteiger charge is 2.23. The van der Waals surface area contributed by atoms with Gasteiger partial charge in [0.2, 0.25) is 5.89 Å². The standard InChI is InChI=1S/C53H33N3OS/c1-3-14-35(15-4-1)53-54-46-23-13-22-39(52(46)57-53)34-26-28-37(29-27-34)55(38-30-31-50-44(32-38)42-20-10-12-25-49(42)58-50)48-33-45-41-19-9-11-24-47(41)56(36-16-5-2-6-17-36)51(45)43-21-8-7-18-40(43)48/h1-33H. The molecule has 3 heterocycles. The SMILES string of the molecule is c1ccc(-c2nc3cccc(-c4ccc(N(c5ccc6sc7ccccc7c6c5)c5cc6c7ccccc7n(-c7ccccc7)c6c6ccccc56)cc4)c3o2)cc1. The van der Waals surface area contributed by atoms with Gasteiger partial charge in [-0.15, -0.1) is 11.3 Å². The molecule has 58 heavy (non-hydrogen) atoms. The van der Waals surface area contributed by atoms with Crippen LogP contribution in [0.15, 0.2) is 205 Å². The van der Waals surface area contributed by atoms with Crippen LogP contribution in [0.25, 0.3) is 92.1 Å². The second-order valence-electron chi connectivity index (χ2n) is 14.7. The number of benzene rings is 9. The van der Waals surface area contributed by atoms with Crippen molar-refractivity contribution in [2.75, 3.05) is 4.90 Å². The van der Waals surface area contributed by atoms with Gasteiger partial charge in [0.05, 0.1) is 16.7 Å². The average molecular weight is 760 g/mol. The summed E-state index contributed by atoms with van der Waals surface area (Å²) in [7, 11) is 0. The summed E-state index contributed by atoms with van der Waals surface area (Å²) in [4.78, 5) is 7.30. The number of oxazole rings is 1. The minimum atomic E-state index is 0.623. The van der Waals surface area contributed by atoms with Crippen molar-refractivity contribution in [1.29, 1.82) is 0 Å². The first-order chi connectivity index (χ1) is 28.8. The summed E-state index contributed by atoms with van der Waals surface area (Å²) < 4.78 is 11.5. The number of rotatable bonds is 6. The van der Waals surface area contributed by atoms with Crippen molar-refractivity contribution in [3.63, 3.8) is 0 Å². The molecule has 0 saturated carbocycles. The third-order valence-corrected chi connectivity index (χ3v) is 12.6. The highest BCUT2D eigenvalue weighted by molar-refractivity contribution is 7.25. The molecule has 5 heteroatoms. The molecule has 0 amide bonds. The molecule has 12 aromatic rings. The van der Waals surface area contributed by atoms with Crippen LogP contribution in [-0.2, 0) is 0 Å². The highest BCUT2D eigenvalue weighted by atomic mass is 32.1. The van der Waals surface area contributed by atoms with Crippen molar-refractivity contribution < 1.29 is 4.42 Å². The predicted octanol–water partition coefficient (Wildman–Crippen LogP) is 15.2. The Hall–Kier alpha value is -7.47. The van der Waals surface area contributed by atoms with Gasteiger partial charge in [0.15, 0.2) is 5.58 Å². The number of nitrogens with zero attached hydrogens (tertiary/aromatic N) is 3. The Kier molecular flexibility index (Phi) is 7.37. The van der Waals surface area contributed by atoms with E-state index in [-0.39, 0.29) is 0 Å². The third-order valence-electron chi connectivity index (χ3n) is 11.4. The Balaban J connectivity index is 1.09. The smallest absolute Gasteiger partial charge is 0.227 e. The first-order valence-electron chi connectivity index (χ1n) is 19.5. The van der Waals surface area contributed by atoms with Gasteiger partial charge in [0.1, 0.15) is 5.52 Å². The number of thiophene rings is 1. The Morgan fingerprint density at radius 1 is 0.466 bits per heavy atom. The lowest BCUT2D eigenvalue weighted by Crippen LogP contribution is -2.10. The van der Waals surface area contributed by atoms with E-state index in [9.17, 15) is 0 Å². The number of hydrogen-bond donors (Lipinski definition) is 0. The molecule has 0 radical (unpaired) electrons. The fourth-order valence-corrected chi connectivity index (χ4v) is 9.87. The summed E-state index contributed by atoms with van der Waals surface area (Å²) in [5.74, 6) is 0.623. The van der Waals surface area contributed by atoms with Crippen molar-refractivity contribution in [2.45, 2.75) is 0 Å². The number of aromatic nitrogens is 2. The van der Waals surface area contributed by atoms with Crippen LogP contribution < -0.4 is 4.90 Å². The van der Waals surface area contributed by atoms with Crippen LogP contribution in [0.2, 0.25) is 0 Å². The van der Waals surface area contributed by atoms with Gasteiger partial charge in [-0.3, -0.25) is 0 Å². The molecule has 0 fully saturated rings. The second-order valence-corrected chi connectivity index (χ2v) is 15.8. The Bertz CT molecular complexity index is 3510. The van der Waals surface area contributed by atoms with Crippen LogP contribution in [0.3, 0.4) is 0 Å². The molecule has 0 saturated heterocycles. The molecule has 3 aromatic heterocycles. The predicted molar refractivity (Wildman–Crippen MR) is 244 cm³/mol. The van der Waals surface area contributed by atoms with Crippen molar-refractivity contribution in [3.8, 4) is 28.3 Å². The summed E-state index contributed by atoms with van der Waals surface area (Å²) in [6.45, 7) is 0. The van der Waals surface area contributed by atoms with Gasteiger partial charge in [0.25, 0.3) is 0 Å². The maximum Gasteiger partial charge on any atom is 0.227 e. The lowest BCUT2D eigenvalue weighted by Gasteiger charge is -2.28. The fourth-order valence-electron chi connectivity index (χ4n) is 8.79. The number of anilines is 3. The van der Waals surface area contributed by atoms with Crippen LogP contribution in [0.1, 0.15) is 0 Å². The molecule has 0 N–H and O–H groups in total. The molecule has 0 aliphatic heterocycles. The maximum absolute atomic E-state index is 6.46. The van der Waals surface area contributed by atoms with E-state index in [1.807, 2.05) is 47.7 Å². The van der Waals surface area contributed by atoms with Gasteiger partial charge in [-0.1, -0.05) is 121 Å². The number of fused-ring (bicyclic) bond motifs is 9. The van der Waals surface area contributed by atoms with Gasteiger partial charge in [0, 0.05) is 69.9 Å². The fraction of sp³-hybridized carbons (Fsp3) is 0. The van der Waals surface area contributed by atoms with Crippen LogP contribution in [0.5, 0.6) is 0 Å². The normalized spacial score (nSPS) is 11.8. The van der Waals surface area contributed by atoms with Crippen LogP contribution in [0.4, 0.5) is 17.1 Å². The molecule has 0 unspecified atom stereocenters. The summed E-state index contributed by atoms with van der Waals surface area (Å²) >= 11 is 1.85. The topological polar surface area (TPSA) is 34.2 Å². The van der Waals surface area contributed by atoms with Crippen LogP contribution >= 0.6 is 11.3 Å². The monoisotopic (exact) mass is 759 g/mol. The Morgan fingerprint density at radius 3 is 1.97 bits per heavy atom. The molecular weight excluding hydrogens is 727 g/mol. The zero-order valence-corrected chi connectivity index (χ0v) is 32.0. The van der Waals surface area contributed by atoms with E-state index in [4.69, 9.17) is 9.40 Å². The number of para-hydroxylation sites is 3. The van der Waals surface area contributed by atoms with E-state index in [1.165, 1.54) is 52.8 Å². The van der Waals surface area contributed by atoms with E-state index in [0.29, 0.717) is 5.89 Å². The van der Waals surface area contributed by atoms with Crippen molar-refractivity contribution in [2.24, 2.45) is 0 Å². The largest absolute Gasteiger partial charge is 0.435 e. The Morgan fingerprint density at radius 2 is 1.14 bits per heavy atom. The zero-order chi connectivity index (χ0) is 38.2. The van der Waals surface area contributed by atoms with Crippen molar-refractivity contribution in [3.05, 3.63) is 200 Å². The quantitative estimate of drug-likeness (QED) is 0.169. The van der Waals surface area contributed by atoms with Crippen LogP contribution in [0, 0.1) is 0 Å². The van der Waals surface area contributed by atoms with Gasteiger partial charge >= 0.3 is 0 Å². The van der Waals surface area contributed by atoms with Gasteiger partial charge in [-0.25, -0.2) is 4.98 Å². The summed E-state index contributed by atoms with van der Waals surface area (Å²) in [5.41, 5.74) is 11.5. The minimum absolute atomic E-state index is 0.623. The summed E-state index contributed by atoms with van der Waals surface area (Å²) in [6.07, 6.45) is 0. The second kappa shape index (κ2) is 13.1. The summed E-state index contributed by atoms with van der Waals surface area (Å²) in [6, 6.07) is 71.6. The molecule has 9 aromatic carbocycles. The van der Waals surface area contributed by atoms with E-state index >= 15 is 0 Å². The molecule has 0 atom stereocenters. The minimum Gasteiger partial charge on any atom is -0.435 e. The zero-order valence-electron chi connectivity index (χ0n) is 31.2. The lowest BCUT2D eigenvalue weighted by molar-refractivity contribution is 0.621. The van der Waals surface area contributed by atoms with E-state index in [1.54, 1.807) is 0 Å². The first-order valence-corrected chi connectivity index (χ1v) is 20.4. The Labute approximate surface area is 338 Å². The maximum atomic E-state index is 6.46. The average Bonchev–Trinajstić information content (AvgIpc) is 4.00. The molecule has 272 valence electrons. The molecule has 12 rings (SSSR count). The molecule has 0 aliphatic carbocycles. The van der Waals surface area contributed by atoms with Gasteiger partial charge in [-0.2, -0.15) is 0 Å². The van der Waals surface area contributed by atoms with Gasteiger partial charge in [-0.05, 0) is 84.4 Å². The van der Waals surface area contributed by atoms with Crippen molar-refractivity contribution >= 4 is 92.2 Å². The van der Waals surface area contributed by atoms with E-state index in [2.05, 4.69) is 173 Å². The first kappa shape index (κ1) is 32.7. The van der Waals surface area contributed by atoms with Crippen LogP contribution in [-0.4, -0.2) is 9.55 Å². The molecule has 0 spiro atoms. The highest BCUT2D eigenvalue weighted by Crippen LogP contribution is 2.47. The number of hydrogen-bond acceptors (Lipinski definition) is 4. The molecular formula is C53H33N3OS. The van der Waals surface area contributed by atoms with E-state index < -0.39 is 0 Å². The lowest BCUT2D eigenvalue weighted by atomic mass is 10.0. The molecule has 4 nitrogen and oxygen atoms in total. The summed E-state index contributed by atoms with van der Waals surface area (Å²) in [5, 5.41) is 7.35. The third kappa shape index (κ3) is 5.11. The van der Waals surface area contributed by atoms with Gasteiger partial charge < -0.3 is 13.9 Å². The molecule has 0 aliphatic rings. The van der Waals surface area contributed by atoms with E-state index in [0.717, 1.165) is 50.5 Å².